The van der Waals surface area contributed by atoms with Crippen molar-refractivity contribution in [1.29, 1.82) is 0 Å². The topological polar surface area (TPSA) is 37.0 Å². The molecule has 1 aromatic heterocycles. The summed E-state index contributed by atoms with van der Waals surface area (Å²) < 4.78 is 5.43. The fourth-order valence-corrected chi connectivity index (χ4v) is 2.70. The van der Waals surface area contributed by atoms with Crippen molar-refractivity contribution in [2.45, 2.75) is 11.8 Å². The van der Waals surface area contributed by atoms with Gasteiger partial charge in [-0.2, -0.15) is 0 Å². The molecule has 1 atom stereocenters. The third-order valence-electron chi connectivity index (χ3n) is 3.70. The number of nitrogens with one attached hydrogen (secondary N) is 2. The maximum Gasteiger partial charge on any atom is 0.0611 e. The Bertz CT molecular complexity index is 297. The summed E-state index contributed by atoms with van der Waals surface area (Å²) in [7, 11) is 0. The Hall–Kier alpha value is -0.800. The van der Waals surface area contributed by atoms with Gasteiger partial charge in [-0.25, -0.2) is 0 Å². The van der Waals surface area contributed by atoms with Crippen LogP contribution in [0, 0.1) is 5.92 Å². The summed E-state index contributed by atoms with van der Waals surface area (Å²) in [5, 5.41) is 3.44. The molecule has 2 saturated heterocycles. The van der Waals surface area contributed by atoms with Gasteiger partial charge >= 0.3 is 0 Å². The van der Waals surface area contributed by atoms with Crippen LogP contribution in [0.15, 0.2) is 18.3 Å². The standard InChI is InChI=1S/C11H16N2O/c1-2-10(13-4-1)11(7-14-8-11)9-3-5-12-6-9/h1-2,4,9,12-13H,3,5-8H2. The van der Waals surface area contributed by atoms with Gasteiger partial charge in [0.15, 0.2) is 0 Å². The Balaban J connectivity index is 1.90. The number of H-pyrrole nitrogens is 1. The highest BCUT2D eigenvalue weighted by molar-refractivity contribution is 5.23. The van der Waals surface area contributed by atoms with E-state index in [1.807, 2.05) is 6.20 Å². The lowest BCUT2D eigenvalue weighted by Gasteiger charge is -2.45. The lowest BCUT2D eigenvalue weighted by Crippen LogP contribution is -2.53. The van der Waals surface area contributed by atoms with E-state index in [-0.39, 0.29) is 5.41 Å². The molecule has 3 heteroatoms. The second-order valence-corrected chi connectivity index (χ2v) is 4.42. The summed E-state index contributed by atoms with van der Waals surface area (Å²) in [5.74, 6) is 0.745. The molecule has 0 radical (unpaired) electrons. The maximum absolute atomic E-state index is 5.43. The summed E-state index contributed by atoms with van der Waals surface area (Å²) in [4.78, 5) is 3.35. The van der Waals surface area contributed by atoms with E-state index in [1.165, 1.54) is 12.1 Å². The van der Waals surface area contributed by atoms with Crippen LogP contribution in [-0.2, 0) is 10.2 Å². The molecule has 0 spiro atoms. The third kappa shape index (κ3) is 1.06. The molecule has 2 aliphatic rings. The van der Waals surface area contributed by atoms with Crippen LogP contribution in [0.1, 0.15) is 12.1 Å². The number of ether oxygens (including phenoxy) is 1. The molecule has 1 unspecified atom stereocenters. The Morgan fingerprint density at radius 2 is 2.36 bits per heavy atom. The van der Waals surface area contributed by atoms with E-state index in [0.717, 1.165) is 32.2 Å². The van der Waals surface area contributed by atoms with Crippen LogP contribution in [0.4, 0.5) is 0 Å². The summed E-state index contributed by atoms with van der Waals surface area (Å²) in [6, 6.07) is 4.28. The van der Waals surface area contributed by atoms with E-state index in [0.29, 0.717) is 0 Å². The lowest BCUT2D eigenvalue weighted by molar-refractivity contribution is -0.0888. The molecule has 0 bridgehead atoms. The average molecular weight is 192 g/mol. The van der Waals surface area contributed by atoms with Crippen LogP contribution in [0.25, 0.3) is 0 Å². The highest BCUT2D eigenvalue weighted by Gasteiger charge is 2.48. The first-order chi connectivity index (χ1) is 6.92. The molecule has 1 aromatic rings. The van der Waals surface area contributed by atoms with Crippen molar-refractivity contribution >= 4 is 0 Å². The van der Waals surface area contributed by atoms with E-state index in [2.05, 4.69) is 22.4 Å². The van der Waals surface area contributed by atoms with Crippen LogP contribution in [-0.4, -0.2) is 31.3 Å². The summed E-state index contributed by atoms with van der Waals surface area (Å²) in [5.41, 5.74) is 1.64. The second kappa shape index (κ2) is 3.11. The molecular weight excluding hydrogens is 176 g/mol. The molecule has 0 amide bonds. The largest absolute Gasteiger partial charge is 0.379 e. The summed E-state index contributed by atoms with van der Waals surface area (Å²) >= 11 is 0. The van der Waals surface area contributed by atoms with Crippen molar-refractivity contribution in [1.82, 2.24) is 10.3 Å². The van der Waals surface area contributed by atoms with Gasteiger partial charge in [0, 0.05) is 11.9 Å². The van der Waals surface area contributed by atoms with Crippen LogP contribution in [0.3, 0.4) is 0 Å². The van der Waals surface area contributed by atoms with Gasteiger partial charge in [-0.05, 0) is 37.6 Å². The molecule has 2 N–H and O–H groups in total. The van der Waals surface area contributed by atoms with Crippen LogP contribution in [0.2, 0.25) is 0 Å². The molecule has 3 nitrogen and oxygen atoms in total. The van der Waals surface area contributed by atoms with Crippen molar-refractivity contribution in [2.75, 3.05) is 26.3 Å². The van der Waals surface area contributed by atoms with Gasteiger partial charge < -0.3 is 15.0 Å². The van der Waals surface area contributed by atoms with E-state index in [9.17, 15) is 0 Å². The molecule has 2 aliphatic heterocycles. The molecule has 0 aromatic carbocycles. The fraction of sp³-hybridized carbons (Fsp3) is 0.636. The Morgan fingerprint density at radius 1 is 1.43 bits per heavy atom. The molecule has 3 rings (SSSR count). The summed E-state index contributed by atoms with van der Waals surface area (Å²) in [6.07, 6.45) is 3.29. The molecule has 2 fully saturated rings. The molecule has 0 aliphatic carbocycles. The van der Waals surface area contributed by atoms with E-state index < -0.39 is 0 Å². The van der Waals surface area contributed by atoms with E-state index in [1.54, 1.807) is 0 Å². The van der Waals surface area contributed by atoms with Crippen molar-refractivity contribution in [3.05, 3.63) is 24.0 Å². The highest BCUT2D eigenvalue weighted by atomic mass is 16.5. The van der Waals surface area contributed by atoms with Crippen LogP contribution >= 0.6 is 0 Å². The SMILES string of the molecule is c1c[nH]c(C2(C3CCNC3)COC2)c1. The smallest absolute Gasteiger partial charge is 0.0611 e. The second-order valence-electron chi connectivity index (χ2n) is 4.42. The zero-order valence-electron chi connectivity index (χ0n) is 8.25. The van der Waals surface area contributed by atoms with Gasteiger partial charge in [-0.3, -0.25) is 0 Å². The molecular formula is C11H16N2O. The van der Waals surface area contributed by atoms with Crippen molar-refractivity contribution < 1.29 is 4.74 Å². The van der Waals surface area contributed by atoms with Gasteiger partial charge in [-0.1, -0.05) is 0 Å². The van der Waals surface area contributed by atoms with E-state index >= 15 is 0 Å². The van der Waals surface area contributed by atoms with Gasteiger partial charge in [0.25, 0.3) is 0 Å². The number of hydrogen-bond donors (Lipinski definition) is 2. The molecule has 3 heterocycles. The number of rotatable bonds is 2. The highest BCUT2D eigenvalue weighted by Crippen LogP contribution is 2.41. The average Bonchev–Trinajstić information content (AvgIpc) is 2.71. The monoisotopic (exact) mass is 192 g/mol. The Morgan fingerprint density at radius 3 is 2.86 bits per heavy atom. The summed E-state index contributed by atoms with van der Waals surface area (Å²) in [6.45, 7) is 4.08. The molecule has 76 valence electrons. The Kier molecular flexibility index (Phi) is 1.89. The first-order valence-electron chi connectivity index (χ1n) is 5.34. The minimum atomic E-state index is 0.285. The quantitative estimate of drug-likeness (QED) is 0.730. The van der Waals surface area contributed by atoms with Gasteiger partial charge in [0.05, 0.1) is 18.6 Å². The minimum Gasteiger partial charge on any atom is -0.379 e. The fourth-order valence-electron chi connectivity index (χ4n) is 2.70. The van der Waals surface area contributed by atoms with E-state index in [4.69, 9.17) is 4.74 Å². The zero-order chi connectivity index (χ0) is 9.43. The van der Waals surface area contributed by atoms with Crippen molar-refractivity contribution in [3.63, 3.8) is 0 Å². The van der Waals surface area contributed by atoms with Crippen LogP contribution < -0.4 is 5.32 Å². The molecule has 14 heavy (non-hydrogen) atoms. The predicted octanol–water partition coefficient (Wildman–Crippen LogP) is 0.892. The predicted molar refractivity (Wildman–Crippen MR) is 54.3 cm³/mol. The molecule has 0 saturated carbocycles. The van der Waals surface area contributed by atoms with Gasteiger partial charge in [0.1, 0.15) is 0 Å². The normalized spacial score (nSPS) is 30.1. The zero-order valence-corrected chi connectivity index (χ0v) is 8.25. The number of aromatic amines is 1. The van der Waals surface area contributed by atoms with Gasteiger partial charge in [0.2, 0.25) is 0 Å². The first-order valence-corrected chi connectivity index (χ1v) is 5.34. The number of hydrogen-bond acceptors (Lipinski definition) is 2. The third-order valence-corrected chi connectivity index (χ3v) is 3.70. The van der Waals surface area contributed by atoms with Crippen molar-refractivity contribution in [2.24, 2.45) is 5.92 Å². The maximum atomic E-state index is 5.43. The van der Waals surface area contributed by atoms with Gasteiger partial charge in [-0.15, -0.1) is 0 Å². The number of aromatic nitrogens is 1. The van der Waals surface area contributed by atoms with Crippen LogP contribution in [0.5, 0.6) is 0 Å². The minimum absolute atomic E-state index is 0.285. The first kappa shape index (κ1) is 8.50. The van der Waals surface area contributed by atoms with Crippen molar-refractivity contribution in [3.8, 4) is 0 Å². The lowest BCUT2D eigenvalue weighted by atomic mass is 9.71. The Labute approximate surface area is 83.8 Å².